The molecule has 1 saturated heterocycles. The second-order valence-corrected chi connectivity index (χ2v) is 7.27. The van der Waals surface area contributed by atoms with Crippen LogP contribution >= 0.6 is 0 Å². The van der Waals surface area contributed by atoms with Crippen LogP contribution in [0.3, 0.4) is 0 Å². The van der Waals surface area contributed by atoms with Crippen molar-refractivity contribution in [2.24, 2.45) is 0 Å². The molecule has 1 aliphatic carbocycles. The van der Waals surface area contributed by atoms with Crippen LogP contribution in [0.5, 0.6) is 0 Å². The molecule has 1 atom stereocenters. The largest absolute Gasteiger partial charge is 0.325 e. The SMILES string of the molecule is CC1(c2ccc(F)cc2)NC(=O)N(CC(=O)Nc2ccn(C3CCC3)n2)C1=O. The molecule has 2 fully saturated rings. The van der Waals surface area contributed by atoms with E-state index in [0.717, 1.165) is 17.7 Å². The summed E-state index contributed by atoms with van der Waals surface area (Å²) in [5.74, 6) is -1.16. The maximum Gasteiger partial charge on any atom is 0.325 e. The van der Waals surface area contributed by atoms with Crippen LogP contribution in [-0.4, -0.2) is 39.1 Å². The van der Waals surface area contributed by atoms with Crippen LogP contribution in [0.4, 0.5) is 15.0 Å². The second-order valence-electron chi connectivity index (χ2n) is 7.27. The van der Waals surface area contributed by atoms with Gasteiger partial charge in [-0.1, -0.05) is 12.1 Å². The number of imide groups is 1. The highest BCUT2D eigenvalue weighted by atomic mass is 19.1. The molecule has 1 aliphatic heterocycles. The Labute approximate surface area is 160 Å². The van der Waals surface area contributed by atoms with Crippen molar-refractivity contribution in [3.05, 3.63) is 47.9 Å². The average Bonchev–Trinajstić information content (AvgIpc) is 3.13. The number of hydrogen-bond donors (Lipinski definition) is 2. The van der Waals surface area contributed by atoms with Gasteiger partial charge in [-0.3, -0.25) is 19.2 Å². The van der Waals surface area contributed by atoms with E-state index in [-0.39, 0.29) is 0 Å². The maximum absolute atomic E-state index is 13.2. The first-order valence-corrected chi connectivity index (χ1v) is 9.12. The number of benzene rings is 1. The van der Waals surface area contributed by atoms with Crippen molar-refractivity contribution in [1.82, 2.24) is 20.0 Å². The zero-order valence-corrected chi connectivity index (χ0v) is 15.3. The van der Waals surface area contributed by atoms with Gasteiger partial charge >= 0.3 is 6.03 Å². The molecular weight excluding hydrogens is 365 g/mol. The Morgan fingerprint density at radius 3 is 2.64 bits per heavy atom. The quantitative estimate of drug-likeness (QED) is 0.771. The van der Waals surface area contributed by atoms with Crippen LogP contribution in [-0.2, 0) is 15.1 Å². The number of halogens is 1. The summed E-state index contributed by atoms with van der Waals surface area (Å²) in [6.45, 7) is 1.09. The highest BCUT2D eigenvalue weighted by Crippen LogP contribution is 2.31. The molecule has 1 aromatic heterocycles. The molecule has 1 aromatic carbocycles. The van der Waals surface area contributed by atoms with E-state index in [4.69, 9.17) is 0 Å². The smallest absolute Gasteiger partial charge is 0.319 e. The van der Waals surface area contributed by atoms with Gasteiger partial charge in [0.2, 0.25) is 5.91 Å². The van der Waals surface area contributed by atoms with Gasteiger partial charge in [0.25, 0.3) is 5.91 Å². The number of urea groups is 1. The summed E-state index contributed by atoms with van der Waals surface area (Å²) >= 11 is 0. The average molecular weight is 385 g/mol. The van der Waals surface area contributed by atoms with Gasteiger partial charge in [0.05, 0.1) is 6.04 Å². The van der Waals surface area contributed by atoms with Crippen LogP contribution in [0.15, 0.2) is 36.5 Å². The minimum Gasteiger partial charge on any atom is -0.319 e. The Balaban J connectivity index is 1.43. The summed E-state index contributed by atoms with van der Waals surface area (Å²) in [6.07, 6.45) is 5.11. The lowest BCUT2D eigenvalue weighted by atomic mass is 9.92. The Morgan fingerprint density at radius 1 is 1.29 bits per heavy atom. The molecule has 4 amide bonds. The van der Waals surface area contributed by atoms with Crippen molar-refractivity contribution in [3.8, 4) is 0 Å². The van der Waals surface area contributed by atoms with Crippen molar-refractivity contribution in [2.45, 2.75) is 37.8 Å². The molecule has 0 bridgehead atoms. The van der Waals surface area contributed by atoms with E-state index >= 15 is 0 Å². The number of anilines is 1. The van der Waals surface area contributed by atoms with E-state index in [1.165, 1.54) is 37.6 Å². The Morgan fingerprint density at radius 2 is 2.00 bits per heavy atom. The van der Waals surface area contributed by atoms with Gasteiger partial charge in [-0.15, -0.1) is 0 Å². The summed E-state index contributed by atoms with van der Waals surface area (Å²) in [6, 6.07) is 6.68. The lowest BCUT2D eigenvalue weighted by molar-refractivity contribution is -0.133. The molecule has 0 radical (unpaired) electrons. The van der Waals surface area contributed by atoms with E-state index in [1.54, 1.807) is 12.3 Å². The zero-order valence-electron chi connectivity index (χ0n) is 15.3. The third-order valence-corrected chi connectivity index (χ3v) is 5.32. The number of carbonyl (C=O) groups excluding carboxylic acids is 3. The van der Waals surface area contributed by atoms with Crippen molar-refractivity contribution >= 4 is 23.7 Å². The first-order chi connectivity index (χ1) is 13.4. The lowest BCUT2D eigenvalue weighted by Crippen LogP contribution is -2.42. The normalized spacial score (nSPS) is 22.1. The minimum absolute atomic E-state index is 0.369. The Kier molecular flexibility index (Phi) is 4.37. The number of rotatable bonds is 5. The highest BCUT2D eigenvalue weighted by molar-refractivity contribution is 6.10. The zero-order chi connectivity index (χ0) is 19.9. The molecule has 2 heterocycles. The first kappa shape index (κ1) is 18.1. The Bertz CT molecular complexity index is 937. The fourth-order valence-corrected chi connectivity index (χ4v) is 3.40. The first-order valence-electron chi connectivity index (χ1n) is 9.12. The molecule has 146 valence electrons. The van der Waals surface area contributed by atoms with Gasteiger partial charge in [0.1, 0.15) is 17.9 Å². The molecule has 8 nitrogen and oxygen atoms in total. The summed E-state index contributed by atoms with van der Waals surface area (Å²) in [5, 5.41) is 9.51. The van der Waals surface area contributed by atoms with Crippen LogP contribution in [0.25, 0.3) is 0 Å². The number of nitrogens with zero attached hydrogens (tertiary/aromatic N) is 3. The maximum atomic E-state index is 13.2. The second kappa shape index (κ2) is 6.74. The number of aromatic nitrogens is 2. The third kappa shape index (κ3) is 3.12. The van der Waals surface area contributed by atoms with Crippen LogP contribution in [0.2, 0.25) is 0 Å². The van der Waals surface area contributed by atoms with Gasteiger partial charge < -0.3 is 10.6 Å². The molecule has 1 saturated carbocycles. The van der Waals surface area contributed by atoms with E-state index in [2.05, 4.69) is 15.7 Å². The standard InChI is InChI=1S/C19H20FN5O3/c1-19(12-5-7-13(20)8-6-12)17(27)24(18(28)22-19)11-16(26)21-15-9-10-25(23-15)14-3-2-4-14/h5-10,14H,2-4,11H2,1H3,(H,22,28)(H,21,23,26). The predicted octanol–water partition coefficient (Wildman–Crippen LogP) is 2.15. The summed E-state index contributed by atoms with van der Waals surface area (Å²) < 4.78 is 15.0. The highest BCUT2D eigenvalue weighted by Gasteiger charge is 2.49. The van der Waals surface area contributed by atoms with E-state index < -0.39 is 35.7 Å². The van der Waals surface area contributed by atoms with Gasteiger partial charge in [-0.2, -0.15) is 5.10 Å². The van der Waals surface area contributed by atoms with Gasteiger partial charge in [-0.25, -0.2) is 9.18 Å². The molecule has 1 unspecified atom stereocenters. The van der Waals surface area contributed by atoms with Gasteiger partial charge in [-0.05, 0) is 43.9 Å². The lowest BCUT2D eigenvalue weighted by Gasteiger charge is -2.25. The monoisotopic (exact) mass is 385 g/mol. The number of hydrogen-bond acceptors (Lipinski definition) is 4. The molecule has 2 aromatic rings. The summed E-state index contributed by atoms with van der Waals surface area (Å²) in [4.78, 5) is 38.3. The molecule has 2 aliphatic rings. The van der Waals surface area contributed by atoms with Crippen molar-refractivity contribution in [2.75, 3.05) is 11.9 Å². The Hall–Kier alpha value is -3.23. The number of amides is 4. The van der Waals surface area contributed by atoms with E-state index in [9.17, 15) is 18.8 Å². The number of carbonyl (C=O) groups is 3. The molecule has 0 spiro atoms. The van der Waals surface area contributed by atoms with Gasteiger partial charge in [0.15, 0.2) is 5.82 Å². The van der Waals surface area contributed by atoms with Gasteiger partial charge in [0, 0.05) is 12.3 Å². The van der Waals surface area contributed by atoms with Crippen molar-refractivity contribution in [1.29, 1.82) is 0 Å². The fourth-order valence-electron chi connectivity index (χ4n) is 3.40. The summed E-state index contributed by atoms with van der Waals surface area (Å²) in [5.41, 5.74) is -0.911. The molecule has 9 heteroatoms. The third-order valence-electron chi connectivity index (χ3n) is 5.32. The molecule has 28 heavy (non-hydrogen) atoms. The van der Waals surface area contributed by atoms with Crippen LogP contribution in [0, 0.1) is 5.82 Å². The van der Waals surface area contributed by atoms with E-state index in [1.807, 2.05) is 4.68 Å². The fraction of sp³-hybridized carbons (Fsp3) is 0.368. The number of nitrogens with one attached hydrogen (secondary N) is 2. The molecule has 2 N–H and O–H groups in total. The topological polar surface area (TPSA) is 96.3 Å². The van der Waals surface area contributed by atoms with Crippen LogP contribution < -0.4 is 10.6 Å². The van der Waals surface area contributed by atoms with Crippen molar-refractivity contribution in [3.63, 3.8) is 0 Å². The van der Waals surface area contributed by atoms with E-state index in [0.29, 0.717) is 17.4 Å². The van der Waals surface area contributed by atoms with Crippen LogP contribution in [0.1, 0.15) is 37.8 Å². The minimum atomic E-state index is -1.35. The molecular formula is C19H20FN5O3. The summed E-state index contributed by atoms with van der Waals surface area (Å²) in [7, 11) is 0. The van der Waals surface area contributed by atoms with Crippen molar-refractivity contribution < 1.29 is 18.8 Å². The molecule has 4 rings (SSSR count). The predicted molar refractivity (Wildman–Crippen MR) is 97.7 cm³/mol.